The molecule has 0 aliphatic rings. The van der Waals surface area contributed by atoms with Gasteiger partial charge in [0.15, 0.2) is 29.4 Å². The number of nitrogens with zero attached hydrogens (tertiary/aromatic N) is 3. The molecule has 4 aromatic rings. The van der Waals surface area contributed by atoms with Gasteiger partial charge in [0.2, 0.25) is 0 Å². The highest BCUT2D eigenvalue weighted by atomic mass is 16.5. The van der Waals surface area contributed by atoms with Crippen LogP contribution in [0.3, 0.4) is 0 Å². The van der Waals surface area contributed by atoms with Crippen molar-refractivity contribution in [2.75, 3.05) is 12.4 Å². The highest BCUT2D eigenvalue weighted by molar-refractivity contribution is 6.06. The quantitative estimate of drug-likeness (QED) is 0.466. The first-order chi connectivity index (χ1) is 14.5. The van der Waals surface area contributed by atoms with E-state index in [1.54, 1.807) is 54.4 Å². The second-order valence-electron chi connectivity index (χ2n) is 6.46. The Hall–Kier alpha value is -4.14. The third kappa shape index (κ3) is 4.00. The van der Waals surface area contributed by atoms with Crippen LogP contribution in [0.4, 0.5) is 5.69 Å². The molecule has 0 spiro atoms. The van der Waals surface area contributed by atoms with Crippen LogP contribution in [0.5, 0.6) is 5.75 Å². The number of hydrogen-bond acceptors (Lipinski definition) is 7. The minimum Gasteiger partial charge on any atom is -0.497 e. The van der Waals surface area contributed by atoms with E-state index < -0.39 is 5.91 Å². The Morgan fingerprint density at radius 2 is 2.10 bits per heavy atom. The van der Waals surface area contributed by atoms with Crippen LogP contribution in [0.15, 0.2) is 64.0 Å². The lowest BCUT2D eigenvalue weighted by molar-refractivity contribution is 0.0983. The lowest BCUT2D eigenvalue weighted by Gasteiger charge is -2.04. The number of ether oxygens (including phenoxy) is 1. The van der Waals surface area contributed by atoms with Gasteiger partial charge < -0.3 is 18.9 Å². The van der Waals surface area contributed by atoms with Gasteiger partial charge in [-0.2, -0.15) is 5.10 Å². The first-order valence-electron chi connectivity index (χ1n) is 9.05. The van der Waals surface area contributed by atoms with Gasteiger partial charge in [-0.25, -0.2) is 4.98 Å². The third-order valence-electron chi connectivity index (χ3n) is 4.33. The smallest absolute Gasteiger partial charge is 0.278 e. The van der Waals surface area contributed by atoms with Crippen LogP contribution in [0, 0.1) is 0 Å². The van der Waals surface area contributed by atoms with Crippen LogP contribution in [-0.4, -0.2) is 33.6 Å². The maximum absolute atomic E-state index is 12.7. The average molecular weight is 406 g/mol. The van der Waals surface area contributed by atoms with Crippen molar-refractivity contribution in [2.24, 2.45) is 0 Å². The molecule has 0 fully saturated rings. The SMILES string of the molecule is COc1cccc(-c2ocnc2C(=O)Nc2cnn(Cc3ccc(C(C)=O)o3)c2)c1. The van der Waals surface area contributed by atoms with Gasteiger partial charge >= 0.3 is 0 Å². The number of furan rings is 1. The van der Waals surface area contributed by atoms with E-state index in [9.17, 15) is 9.59 Å². The number of oxazole rings is 1. The molecule has 0 saturated carbocycles. The molecule has 1 N–H and O–H groups in total. The fraction of sp³-hybridized carbons (Fsp3) is 0.143. The molecule has 0 radical (unpaired) electrons. The van der Waals surface area contributed by atoms with Crippen molar-refractivity contribution in [3.05, 3.63) is 72.4 Å². The summed E-state index contributed by atoms with van der Waals surface area (Å²) in [6, 6.07) is 10.5. The van der Waals surface area contributed by atoms with E-state index in [1.807, 2.05) is 0 Å². The Morgan fingerprint density at radius 3 is 2.87 bits per heavy atom. The van der Waals surface area contributed by atoms with Crippen molar-refractivity contribution < 1.29 is 23.2 Å². The number of nitrogens with one attached hydrogen (secondary N) is 1. The normalized spacial score (nSPS) is 10.7. The molecule has 0 saturated heterocycles. The van der Waals surface area contributed by atoms with E-state index in [1.165, 1.54) is 19.5 Å². The highest BCUT2D eigenvalue weighted by Gasteiger charge is 2.19. The molecule has 1 amide bonds. The molecule has 1 aromatic carbocycles. The molecule has 3 heterocycles. The fourth-order valence-electron chi connectivity index (χ4n) is 2.89. The van der Waals surface area contributed by atoms with E-state index >= 15 is 0 Å². The summed E-state index contributed by atoms with van der Waals surface area (Å²) in [6.07, 6.45) is 4.38. The standard InChI is InChI=1S/C21H18N4O5/c1-13(26)18-7-6-17(30-18)11-25-10-15(9-23-25)24-21(27)19-20(29-12-22-19)14-4-3-5-16(8-14)28-2/h3-10,12H,11H2,1-2H3,(H,24,27). The molecule has 9 nitrogen and oxygen atoms in total. The van der Waals surface area contributed by atoms with Crippen molar-refractivity contribution >= 4 is 17.4 Å². The Morgan fingerprint density at radius 1 is 1.23 bits per heavy atom. The fourth-order valence-corrected chi connectivity index (χ4v) is 2.89. The monoisotopic (exact) mass is 406 g/mol. The lowest BCUT2D eigenvalue weighted by Crippen LogP contribution is -2.13. The van der Waals surface area contributed by atoms with Crippen molar-refractivity contribution in [1.82, 2.24) is 14.8 Å². The number of amides is 1. The Kier molecular flexibility index (Phi) is 5.17. The molecule has 4 rings (SSSR count). The molecule has 152 valence electrons. The minimum atomic E-state index is -0.432. The number of Topliss-reactive ketones (excluding diaryl/α,β-unsaturated/α-hetero) is 1. The van der Waals surface area contributed by atoms with Crippen LogP contribution >= 0.6 is 0 Å². The zero-order valence-corrected chi connectivity index (χ0v) is 16.3. The summed E-state index contributed by atoms with van der Waals surface area (Å²) in [5.41, 5.74) is 1.30. The summed E-state index contributed by atoms with van der Waals surface area (Å²) in [7, 11) is 1.56. The van der Waals surface area contributed by atoms with Crippen LogP contribution in [0.25, 0.3) is 11.3 Å². The Bertz CT molecular complexity index is 1200. The topological polar surface area (TPSA) is 112 Å². The number of carbonyl (C=O) groups is 2. The van der Waals surface area contributed by atoms with Gasteiger partial charge in [-0.1, -0.05) is 12.1 Å². The maximum atomic E-state index is 12.7. The van der Waals surface area contributed by atoms with E-state index in [4.69, 9.17) is 13.6 Å². The summed E-state index contributed by atoms with van der Waals surface area (Å²) >= 11 is 0. The third-order valence-corrected chi connectivity index (χ3v) is 4.33. The first-order valence-corrected chi connectivity index (χ1v) is 9.05. The number of methoxy groups -OCH3 is 1. The van der Waals surface area contributed by atoms with E-state index in [0.29, 0.717) is 40.8 Å². The molecule has 30 heavy (non-hydrogen) atoms. The number of ketones is 1. The van der Waals surface area contributed by atoms with Crippen molar-refractivity contribution in [3.8, 4) is 17.1 Å². The van der Waals surface area contributed by atoms with Crippen LogP contribution in [0.1, 0.15) is 33.7 Å². The summed E-state index contributed by atoms with van der Waals surface area (Å²) in [4.78, 5) is 28.1. The molecule has 0 bridgehead atoms. The van der Waals surface area contributed by atoms with Crippen molar-refractivity contribution in [3.63, 3.8) is 0 Å². The molecule has 3 aromatic heterocycles. The Labute approximate surface area is 171 Å². The number of carbonyl (C=O) groups excluding carboxylic acids is 2. The van der Waals surface area contributed by atoms with Crippen LogP contribution in [0.2, 0.25) is 0 Å². The lowest BCUT2D eigenvalue weighted by atomic mass is 10.1. The predicted molar refractivity (Wildman–Crippen MR) is 106 cm³/mol. The van der Waals surface area contributed by atoms with Gasteiger partial charge in [-0.3, -0.25) is 14.3 Å². The summed E-state index contributed by atoms with van der Waals surface area (Å²) < 4.78 is 17.7. The number of benzene rings is 1. The number of rotatable bonds is 7. The van der Waals surface area contributed by atoms with Gasteiger partial charge in [-0.05, 0) is 24.3 Å². The largest absolute Gasteiger partial charge is 0.497 e. The predicted octanol–water partition coefficient (Wildman–Crippen LogP) is 3.64. The van der Waals surface area contributed by atoms with Gasteiger partial charge in [0.25, 0.3) is 5.91 Å². The zero-order chi connectivity index (χ0) is 21.1. The molecule has 0 aliphatic carbocycles. The van der Waals surface area contributed by atoms with Gasteiger partial charge in [0, 0.05) is 18.7 Å². The van der Waals surface area contributed by atoms with E-state index in [2.05, 4.69) is 15.4 Å². The van der Waals surface area contributed by atoms with E-state index in [-0.39, 0.29) is 11.5 Å². The van der Waals surface area contributed by atoms with Crippen molar-refractivity contribution in [1.29, 1.82) is 0 Å². The van der Waals surface area contributed by atoms with Crippen LogP contribution in [-0.2, 0) is 6.54 Å². The molecule has 0 atom stereocenters. The summed E-state index contributed by atoms with van der Waals surface area (Å²) in [6.45, 7) is 1.76. The van der Waals surface area contributed by atoms with Gasteiger partial charge in [-0.15, -0.1) is 0 Å². The molecule has 9 heteroatoms. The molecule has 0 unspecified atom stereocenters. The Balaban J connectivity index is 1.47. The molecular formula is C21H18N4O5. The number of hydrogen-bond donors (Lipinski definition) is 1. The zero-order valence-electron chi connectivity index (χ0n) is 16.3. The first kappa shape index (κ1) is 19.2. The number of aromatic nitrogens is 3. The summed E-state index contributed by atoms with van der Waals surface area (Å²) in [5, 5.41) is 6.95. The van der Waals surface area contributed by atoms with Gasteiger partial charge in [0.1, 0.15) is 11.5 Å². The highest BCUT2D eigenvalue weighted by Crippen LogP contribution is 2.27. The van der Waals surface area contributed by atoms with Gasteiger partial charge in [0.05, 0.1) is 25.5 Å². The van der Waals surface area contributed by atoms with Crippen LogP contribution < -0.4 is 10.1 Å². The second-order valence-corrected chi connectivity index (χ2v) is 6.46. The number of anilines is 1. The van der Waals surface area contributed by atoms with E-state index in [0.717, 1.165) is 0 Å². The maximum Gasteiger partial charge on any atom is 0.278 e. The molecule has 0 aliphatic heterocycles. The average Bonchev–Trinajstić information content (AvgIpc) is 3.49. The summed E-state index contributed by atoms with van der Waals surface area (Å²) in [5.74, 6) is 1.28. The van der Waals surface area contributed by atoms with Crippen molar-refractivity contribution in [2.45, 2.75) is 13.5 Å². The second kappa shape index (κ2) is 8.08. The molecular weight excluding hydrogens is 388 g/mol. The minimum absolute atomic E-state index is 0.144.